The number of hydrogen-bond acceptors (Lipinski definition) is 4. The quantitative estimate of drug-likeness (QED) is 0.579. The Morgan fingerprint density at radius 3 is 2.79 bits per heavy atom. The van der Waals surface area contributed by atoms with Gasteiger partial charge in [-0.05, 0) is 18.2 Å². The predicted molar refractivity (Wildman–Crippen MR) is 94.4 cm³/mol. The Kier molecular flexibility index (Phi) is 3.66. The van der Waals surface area contributed by atoms with Crippen molar-refractivity contribution >= 4 is 28.6 Å². The Morgan fingerprint density at radius 1 is 1.12 bits per heavy atom. The van der Waals surface area contributed by atoms with Crippen molar-refractivity contribution < 1.29 is 0 Å². The lowest BCUT2D eigenvalue weighted by atomic mass is 10.3. The summed E-state index contributed by atoms with van der Waals surface area (Å²) in [6.45, 7) is 0.531. The lowest BCUT2D eigenvalue weighted by molar-refractivity contribution is 0.753. The maximum atomic E-state index is 6.14. The molecule has 3 aromatic heterocycles. The fourth-order valence-corrected chi connectivity index (χ4v) is 2.81. The molecule has 3 heterocycles. The number of benzene rings is 1. The Labute approximate surface area is 143 Å². The summed E-state index contributed by atoms with van der Waals surface area (Å²) in [4.78, 5) is 8.78. The highest BCUT2D eigenvalue weighted by molar-refractivity contribution is 6.30. The van der Waals surface area contributed by atoms with Gasteiger partial charge in [0, 0.05) is 37.6 Å². The Bertz CT molecular complexity index is 1000. The van der Waals surface area contributed by atoms with Gasteiger partial charge in [-0.2, -0.15) is 5.10 Å². The second kappa shape index (κ2) is 5.98. The number of anilines is 1. The molecule has 0 atom stereocenters. The first-order chi connectivity index (χ1) is 11.7. The topological polar surface area (TPSA) is 60.6 Å². The highest BCUT2D eigenvalue weighted by Crippen LogP contribution is 2.24. The van der Waals surface area contributed by atoms with Crippen LogP contribution in [0, 0.1) is 0 Å². The second-order valence-electron chi connectivity index (χ2n) is 5.41. The molecule has 0 radical (unpaired) electrons. The highest BCUT2D eigenvalue weighted by atomic mass is 35.5. The average Bonchev–Trinajstić information content (AvgIpc) is 3.17. The third kappa shape index (κ3) is 2.61. The Hall–Kier alpha value is -2.86. The fourth-order valence-electron chi connectivity index (χ4n) is 2.62. The van der Waals surface area contributed by atoms with Crippen LogP contribution in [0.15, 0.2) is 54.9 Å². The number of aromatic nitrogens is 5. The molecule has 0 saturated heterocycles. The van der Waals surface area contributed by atoms with E-state index in [4.69, 9.17) is 11.6 Å². The summed E-state index contributed by atoms with van der Waals surface area (Å²) in [5, 5.41) is 8.33. The zero-order valence-corrected chi connectivity index (χ0v) is 13.8. The van der Waals surface area contributed by atoms with E-state index in [-0.39, 0.29) is 0 Å². The fraction of sp³-hybridized carbons (Fsp3) is 0.118. The number of halogens is 1. The molecule has 0 bridgehead atoms. The van der Waals surface area contributed by atoms with Gasteiger partial charge in [0.25, 0.3) is 0 Å². The minimum atomic E-state index is 0.491. The van der Waals surface area contributed by atoms with E-state index in [0.717, 1.165) is 28.4 Å². The van der Waals surface area contributed by atoms with Crippen molar-refractivity contribution in [3.8, 4) is 5.82 Å². The number of para-hydroxylation sites is 2. The van der Waals surface area contributed by atoms with Crippen molar-refractivity contribution in [1.29, 1.82) is 0 Å². The van der Waals surface area contributed by atoms with Crippen LogP contribution >= 0.6 is 11.6 Å². The zero-order chi connectivity index (χ0) is 16.5. The molecular formula is C17H15ClN6. The van der Waals surface area contributed by atoms with E-state index in [9.17, 15) is 0 Å². The summed E-state index contributed by atoms with van der Waals surface area (Å²) in [6.07, 6.45) is 3.58. The van der Waals surface area contributed by atoms with Gasteiger partial charge < -0.3 is 5.32 Å². The van der Waals surface area contributed by atoms with Gasteiger partial charge in [0.1, 0.15) is 5.15 Å². The summed E-state index contributed by atoms with van der Waals surface area (Å²) in [6, 6.07) is 13.7. The van der Waals surface area contributed by atoms with Crippen LogP contribution in [0.5, 0.6) is 0 Å². The SMILES string of the molecule is Cn1ccc(-n2c(NCc3cccnc3Cl)nc3ccccc32)n1. The van der Waals surface area contributed by atoms with E-state index in [1.807, 2.05) is 60.3 Å². The molecule has 4 aromatic rings. The first kappa shape index (κ1) is 14.7. The molecular weight excluding hydrogens is 324 g/mol. The number of nitrogens with zero attached hydrogens (tertiary/aromatic N) is 5. The maximum absolute atomic E-state index is 6.14. The van der Waals surface area contributed by atoms with Crippen LogP contribution in [-0.4, -0.2) is 24.3 Å². The molecule has 0 amide bonds. The minimum Gasteiger partial charge on any atom is -0.351 e. The summed E-state index contributed by atoms with van der Waals surface area (Å²) >= 11 is 6.14. The lowest BCUT2D eigenvalue weighted by Gasteiger charge is -2.09. The zero-order valence-electron chi connectivity index (χ0n) is 13.0. The van der Waals surface area contributed by atoms with Crippen LogP contribution < -0.4 is 5.32 Å². The molecule has 6 nitrogen and oxygen atoms in total. The number of hydrogen-bond donors (Lipinski definition) is 1. The van der Waals surface area contributed by atoms with Crippen molar-refractivity contribution in [3.63, 3.8) is 0 Å². The van der Waals surface area contributed by atoms with E-state index in [1.54, 1.807) is 10.9 Å². The van der Waals surface area contributed by atoms with Gasteiger partial charge >= 0.3 is 0 Å². The van der Waals surface area contributed by atoms with Gasteiger partial charge in [-0.3, -0.25) is 9.25 Å². The lowest BCUT2D eigenvalue weighted by Crippen LogP contribution is -2.07. The number of imidazole rings is 1. The number of fused-ring (bicyclic) bond motifs is 1. The Morgan fingerprint density at radius 2 is 2.00 bits per heavy atom. The molecule has 0 spiro atoms. The van der Waals surface area contributed by atoms with Gasteiger partial charge in [0.05, 0.1) is 11.0 Å². The van der Waals surface area contributed by atoms with Crippen molar-refractivity contribution in [1.82, 2.24) is 24.3 Å². The van der Waals surface area contributed by atoms with Crippen LogP contribution in [0.3, 0.4) is 0 Å². The first-order valence-electron chi connectivity index (χ1n) is 7.53. The predicted octanol–water partition coefficient (Wildman–Crippen LogP) is 3.42. The molecule has 120 valence electrons. The molecule has 0 aliphatic carbocycles. The van der Waals surface area contributed by atoms with Crippen LogP contribution in [0.1, 0.15) is 5.56 Å². The van der Waals surface area contributed by atoms with Gasteiger partial charge in [-0.25, -0.2) is 9.97 Å². The first-order valence-corrected chi connectivity index (χ1v) is 7.91. The van der Waals surface area contributed by atoms with E-state index in [1.165, 1.54) is 0 Å². The molecule has 4 rings (SSSR count). The minimum absolute atomic E-state index is 0.491. The van der Waals surface area contributed by atoms with Gasteiger partial charge in [0.2, 0.25) is 5.95 Å². The number of pyridine rings is 1. The molecule has 7 heteroatoms. The van der Waals surface area contributed by atoms with Crippen molar-refractivity contribution in [2.24, 2.45) is 7.05 Å². The van der Waals surface area contributed by atoms with Crippen LogP contribution in [0.25, 0.3) is 16.9 Å². The average molecular weight is 339 g/mol. The standard InChI is InChI=1S/C17H15ClN6/c1-23-10-8-15(22-23)24-14-7-3-2-6-13(14)21-17(24)20-11-12-5-4-9-19-16(12)18/h2-10H,11H2,1H3,(H,20,21). The number of nitrogens with one attached hydrogen (secondary N) is 1. The summed E-state index contributed by atoms with van der Waals surface area (Å²) in [5.41, 5.74) is 2.82. The maximum Gasteiger partial charge on any atom is 0.210 e. The second-order valence-corrected chi connectivity index (χ2v) is 5.77. The highest BCUT2D eigenvalue weighted by Gasteiger charge is 2.14. The number of rotatable bonds is 4. The summed E-state index contributed by atoms with van der Waals surface area (Å²) in [5.74, 6) is 1.53. The Balaban J connectivity index is 1.76. The summed E-state index contributed by atoms with van der Waals surface area (Å²) in [7, 11) is 1.89. The molecule has 1 aromatic carbocycles. The van der Waals surface area contributed by atoms with Gasteiger partial charge in [-0.1, -0.05) is 29.8 Å². The molecule has 0 aliphatic heterocycles. The van der Waals surface area contributed by atoms with Crippen molar-refractivity contribution in [2.75, 3.05) is 5.32 Å². The van der Waals surface area contributed by atoms with Crippen LogP contribution in [0.2, 0.25) is 5.15 Å². The van der Waals surface area contributed by atoms with Crippen LogP contribution in [-0.2, 0) is 13.6 Å². The molecule has 0 fully saturated rings. The van der Waals surface area contributed by atoms with Crippen molar-refractivity contribution in [3.05, 3.63) is 65.6 Å². The van der Waals surface area contributed by atoms with E-state index >= 15 is 0 Å². The molecule has 0 saturated carbocycles. The molecule has 0 aliphatic rings. The van der Waals surface area contributed by atoms with Gasteiger partial charge in [0.15, 0.2) is 5.82 Å². The van der Waals surface area contributed by atoms with E-state index < -0.39 is 0 Å². The summed E-state index contributed by atoms with van der Waals surface area (Å²) < 4.78 is 3.77. The van der Waals surface area contributed by atoms with Crippen molar-refractivity contribution in [2.45, 2.75) is 6.54 Å². The van der Waals surface area contributed by atoms with E-state index in [2.05, 4.69) is 20.4 Å². The van der Waals surface area contributed by atoms with Crippen LogP contribution in [0.4, 0.5) is 5.95 Å². The third-order valence-electron chi connectivity index (χ3n) is 3.76. The van der Waals surface area contributed by atoms with E-state index in [0.29, 0.717) is 11.7 Å². The smallest absolute Gasteiger partial charge is 0.210 e. The normalized spacial score (nSPS) is 11.1. The third-order valence-corrected chi connectivity index (χ3v) is 4.10. The largest absolute Gasteiger partial charge is 0.351 e. The molecule has 0 unspecified atom stereocenters. The van der Waals surface area contributed by atoms with Gasteiger partial charge in [-0.15, -0.1) is 0 Å². The number of aryl methyl sites for hydroxylation is 1. The monoisotopic (exact) mass is 338 g/mol. The molecule has 1 N–H and O–H groups in total. The molecule has 24 heavy (non-hydrogen) atoms.